The van der Waals surface area contributed by atoms with E-state index in [0.717, 1.165) is 23.1 Å². The van der Waals surface area contributed by atoms with Crippen molar-refractivity contribution in [2.75, 3.05) is 13.6 Å². The number of hydrogen-bond acceptors (Lipinski definition) is 2. The summed E-state index contributed by atoms with van der Waals surface area (Å²) in [6.45, 7) is 0.805. The molecule has 1 rings (SSSR count). The molecule has 0 bridgehead atoms. The molecule has 1 aromatic rings. The third-order valence-corrected chi connectivity index (χ3v) is 2.13. The van der Waals surface area contributed by atoms with E-state index in [9.17, 15) is 4.79 Å². The van der Waals surface area contributed by atoms with Crippen molar-refractivity contribution >= 4 is 15.9 Å². The van der Waals surface area contributed by atoms with Gasteiger partial charge in [0.05, 0.1) is 5.56 Å². The van der Waals surface area contributed by atoms with Crippen molar-refractivity contribution < 1.29 is 0 Å². The second-order valence-electron chi connectivity index (χ2n) is 2.23. The molecular formula is C6H10BrN3O. The van der Waals surface area contributed by atoms with Crippen LogP contribution in [0.15, 0.2) is 9.40 Å². The smallest absolute Gasteiger partial charge is 0.268 e. The fraction of sp³-hybridized carbons (Fsp3) is 0.500. The number of halogens is 1. The van der Waals surface area contributed by atoms with Crippen molar-refractivity contribution in [3.63, 3.8) is 0 Å². The summed E-state index contributed by atoms with van der Waals surface area (Å²) < 4.78 is 0.748. The Labute approximate surface area is 72.5 Å². The van der Waals surface area contributed by atoms with Gasteiger partial charge in [0.15, 0.2) is 0 Å². The van der Waals surface area contributed by atoms with Gasteiger partial charge >= 0.3 is 0 Å². The zero-order valence-corrected chi connectivity index (χ0v) is 7.79. The van der Waals surface area contributed by atoms with Gasteiger partial charge < -0.3 is 5.32 Å². The van der Waals surface area contributed by atoms with Crippen molar-refractivity contribution in [1.29, 1.82) is 0 Å². The molecule has 0 aliphatic carbocycles. The van der Waals surface area contributed by atoms with Crippen molar-refractivity contribution in [2.24, 2.45) is 0 Å². The molecule has 0 aliphatic rings. The van der Waals surface area contributed by atoms with Crippen LogP contribution in [0, 0.1) is 0 Å². The first-order chi connectivity index (χ1) is 5.25. The molecule has 1 aromatic heterocycles. The quantitative estimate of drug-likeness (QED) is 0.682. The maximum atomic E-state index is 11.0. The predicted octanol–water partition coefficient (Wildman–Crippen LogP) is 0.227. The van der Waals surface area contributed by atoms with Gasteiger partial charge in [-0.05, 0) is 35.9 Å². The van der Waals surface area contributed by atoms with E-state index in [1.54, 1.807) is 0 Å². The zero-order valence-electron chi connectivity index (χ0n) is 6.20. The lowest BCUT2D eigenvalue weighted by atomic mass is 10.2. The summed E-state index contributed by atoms with van der Waals surface area (Å²) in [7, 11) is 1.86. The summed E-state index contributed by atoms with van der Waals surface area (Å²) in [6.07, 6.45) is 0.732. The highest BCUT2D eigenvalue weighted by Crippen LogP contribution is 2.07. The molecule has 0 fully saturated rings. The van der Waals surface area contributed by atoms with Crippen LogP contribution in [0.5, 0.6) is 0 Å². The molecule has 0 unspecified atom stereocenters. The molecule has 0 aromatic carbocycles. The number of hydrogen-bond donors (Lipinski definition) is 3. The lowest BCUT2D eigenvalue weighted by molar-refractivity contribution is 0.787. The fourth-order valence-electron chi connectivity index (χ4n) is 0.835. The van der Waals surface area contributed by atoms with E-state index in [1.807, 2.05) is 7.05 Å². The lowest BCUT2D eigenvalue weighted by Gasteiger charge is -1.94. The molecule has 0 radical (unpaired) electrons. The van der Waals surface area contributed by atoms with Crippen LogP contribution in [0.1, 0.15) is 5.56 Å². The van der Waals surface area contributed by atoms with Crippen LogP contribution < -0.4 is 10.9 Å². The van der Waals surface area contributed by atoms with Crippen LogP contribution in [0.2, 0.25) is 0 Å². The second-order valence-corrected chi connectivity index (χ2v) is 3.02. The molecular weight excluding hydrogens is 210 g/mol. The maximum absolute atomic E-state index is 11.0. The predicted molar refractivity (Wildman–Crippen MR) is 46.7 cm³/mol. The van der Waals surface area contributed by atoms with Gasteiger partial charge in [-0.1, -0.05) is 0 Å². The number of H-pyrrole nitrogens is 2. The molecule has 0 saturated carbocycles. The molecule has 5 heteroatoms. The minimum absolute atomic E-state index is 0.0490. The minimum atomic E-state index is -0.0490. The van der Waals surface area contributed by atoms with Crippen LogP contribution in [0.25, 0.3) is 0 Å². The van der Waals surface area contributed by atoms with Crippen molar-refractivity contribution in [3.05, 3.63) is 20.5 Å². The Balaban J connectivity index is 2.75. The van der Waals surface area contributed by atoms with Crippen molar-refractivity contribution in [1.82, 2.24) is 15.5 Å². The Kier molecular flexibility index (Phi) is 2.90. The number of likely N-dealkylation sites (N-methyl/N-ethyl adjacent to an activating group) is 1. The normalized spacial score (nSPS) is 10.4. The minimum Gasteiger partial charge on any atom is -0.319 e. The van der Waals surface area contributed by atoms with Crippen LogP contribution in [0.3, 0.4) is 0 Å². The molecule has 4 nitrogen and oxygen atoms in total. The zero-order chi connectivity index (χ0) is 8.27. The summed E-state index contributed by atoms with van der Waals surface area (Å²) in [5.74, 6) is 0. The highest BCUT2D eigenvalue weighted by atomic mass is 79.9. The SMILES string of the molecule is CNCCc1c(Br)[nH][nH]c1=O. The van der Waals surface area contributed by atoms with E-state index in [1.165, 1.54) is 0 Å². The molecule has 0 amide bonds. The lowest BCUT2D eigenvalue weighted by Crippen LogP contribution is -2.15. The monoisotopic (exact) mass is 219 g/mol. The molecule has 3 N–H and O–H groups in total. The van der Waals surface area contributed by atoms with Gasteiger partial charge in [0.25, 0.3) is 5.56 Å². The highest BCUT2D eigenvalue weighted by Gasteiger charge is 2.04. The van der Waals surface area contributed by atoms with E-state index < -0.39 is 0 Å². The Bertz CT molecular complexity index is 278. The standard InChI is InChI=1S/C6H10BrN3O/c1-8-3-2-4-5(7)9-10-6(4)11/h8H,2-3H2,1H3,(H2,9,10,11). The highest BCUT2D eigenvalue weighted by molar-refractivity contribution is 9.10. The first kappa shape index (κ1) is 8.55. The van der Waals surface area contributed by atoms with Gasteiger partial charge in [-0.25, -0.2) is 0 Å². The number of rotatable bonds is 3. The molecule has 0 saturated heterocycles. The molecule has 0 spiro atoms. The Morgan fingerprint density at radius 2 is 2.27 bits per heavy atom. The fourth-order valence-corrected chi connectivity index (χ4v) is 1.31. The molecule has 1 heterocycles. The van der Waals surface area contributed by atoms with Gasteiger partial charge in [-0.15, -0.1) is 0 Å². The van der Waals surface area contributed by atoms with Gasteiger partial charge in [-0.2, -0.15) is 0 Å². The number of nitrogens with one attached hydrogen (secondary N) is 3. The first-order valence-electron chi connectivity index (χ1n) is 3.35. The summed E-state index contributed by atoms with van der Waals surface area (Å²) >= 11 is 3.23. The van der Waals surface area contributed by atoms with E-state index in [2.05, 4.69) is 31.4 Å². The average Bonchev–Trinajstić information content (AvgIpc) is 2.29. The largest absolute Gasteiger partial charge is 0.319 e. The van der Waals surface area contributed by atoms with Crippen LogP contribution in [-0.2, 0) is 6.42 Å². The number of aromatic nitrogens is 2. The Morgan fingerprint density at radius 1 is 1.55 bits per heavy atom. The van der Waals surface area contributed by atoms with E-state index in [0.29, 0.717) is 0 Å². The maximum Gasteiger partial charge on any atom is 0.268 e. The molecule has 11 heavy (non-hydrogen) atoms. The molecule has 0 atom stereocenters. The van der Waals surface area contributed by atoms with Gasteiger partial charge in [0, 0.05) is 0 Å². The van der Waals surface area contributed by atoms with E-state index in [-0.39, 0.29) is 5.56 Å². The van der Waals surface area contributed by atoms with Crippen LogP contribution in [0.4, 0.5) is 0 Å². The van der Waals surface area contributed by atoms with Gasteiger partial charge in [0.1, 0.15) is 4.60 Å². The Hall–Kier alpha value is -0.550. The Morgan fingerprint density at radius 3 is 2.73 bits per heavy atom. The number of aromatic amines is 2. The first-order valence-corrected chi connectivity index (χ1v) is 4.14. The van der Waals surface area contributed by atoms with E-state index >= 15 is 0 Å². The average molecular weight is 220 g/mol. The molecule has 62 valence electrons. The summed E-state index contributed by atoms with van der Waals surface area (Å²) in [6, 6.07) is 0. The third kappa shape index (κ3) is 1.94. The third-order valence-electron chi connectivity index (χ3n) is 1.45. The van der Waals surface area contributed by atoms with E-state index in [4.69, 9.17) is 0 Å². The van der Waals surface area contributed by atoms with Crippen LogP contribution in [-0.4, -0.2) is 23.8 Å². The second kappa shape index (κ2) is 3.73. The summed E-state index contributed by atoms with van der Waals surface area (Å²) in [4.78, 5) is 11.0. The van der Waals surface area contributed by atoms with Crippen molar-refractivity contribution in [2.45, 2.75) is 6.42 Å². The summed E-state index contributed by atoms with van der Waals surface area (Å²) in [5.41, 5.74) is 0.714. The van der Waals surface area contributed by atoms with Crippen LogP contribution >= 0.6 is 15.9 Å². The molecule has 0 aliphatic heterocycles. The van der Waals surface area contributed by atoms with Gasteiger partial charge in [0.2, 0.25) is 0 Å². The summed E-state index contributed by atoms with van der Waals surface area (Å²) in [5, 5.41) is 8.16. The van der Waals surface area contributed by atoms with Crippen molar-refractivity contribution in [3.8, 4) is 0 Å². The topological polar surface area (TPSA) is 60.7 Å². The van der Waals surface area contributed by atoms with Gasteiger partial charge in [-0.3, -0.25) is 15.0 Å².